The summed E-state index contributed by atoms with van der Waals surface area (Å²) in [5, 5.41) is 8.77. The van der Waals surface area contributed by atoms with Crippen molar-refractivity contribution < 1.29 is 4.79 Å². The number of likely N-dealkylation sites (tertiary alicyclic amines) is 1. The number of hydrogen-bond acceptors (Lipinski definition) is 3. The first kappa shape index (κ1) is 11.4. The Balaban J connectivity index is 2.07. The maximum absolute atomic E-state index is 12.0. The Kier molecular flexibility index (Phi) is 3.24. The van der Waals surface area contributed by atoms with Crippen LogP contribution < -0.4 is 5.56 Å². The summed E-state index contributed by atoms with van der Waals surface area (Å²) in [5.41, 5.74) is 0.131. The monoisotopic (exact) mass is 231 g/mol. The predicted molar refractivity (Wildman–Crippen MR) is 61.3 cm³/mol. The summed E-state index contributed by atoms with van der Waals surface area (Å²) < 4.78 is 0. The Hall–Kier alpha value is -2.09. The lowest BCUT2D eigenvalue weighted by Crippen LogP contribution is -2.38. The molecular weight excluding hydrogens is 218 g/mol. The van der Waals surface area contributed by atoms with Gasteiger partial charge >= 0.3 is 0 Å². The van der Waals surface area contributed by atoms with Gasteiger partial charge in [0.1, 0.15) is 0 Å². The fourth-order valence-electron chi connectivity index (χ4n) is 1.97. The van der Waals surface area contributed by atoms with E-state index in [0.29, 0.717) is 31.5 Å². The van der Waals surface area contributed by atoms with Crippen LogP contribution in [0.4, 0.5) is 0 Å². The summed E-state index contributed by atoms with van der Waals surface area (Å²) in [5.74, 6) is -0.0780. The molecule has 0 aromatic carbocycles. The van der Waals surface area contributed by atoms with Gasteiger partial charge in [0.25, 0.3) is 5.91 Å². The SMILES string of the molecule is N#CC1CCN(C(=O)c2cc[nH]c(=O)c2)CC1. The average Bonchev–Trinajstić information content (AvgIpc) is 2.38. The van der Waals surface area contributed by atoms with Crippen LogP contribution in [-0.4, -0.2) is 28.9 Å². The molecule has 1 fully saturated rings. The van der Waals surface area contributed by atoms with Gasteiger partial charge in [0.05, 0.1) is 6.07 Å². The van der Waals surface area contributed by atoms with Crippen molar-refractivity contribution in [3.63, 3.8) is 0 Å². The highest BCUT2D eigenvalue weighted by molar-refractivity contribution is 5.94. The van der Waals surface area contributed by atoms with Crippen LogP contribution in [0.5, 0.6) is 0 Å². The number of carbonyl (C=O) groups excluding carboxylic acids is 1. The van der Waals surface area contributed by atoms with E-state index in [2.05, 4.69) is 11.1 Å². The number of aromatic nitrogens is 1. The molecule has 2 rings (SSSR count). The van der Waals surface area contributed by atoms with Crippen molar-refractivity contribution in [3.05, 3.63) is 34.2 Å². The average molecular weight is 231 g/mol. The van der Waals surface area contributed by atoms with E-state index >= 15 is 0 Å². The molecule has 0 unspecified atom stereocenters. The number of nitrogens with one attached hydrogen (secondary N) is 1. The van der Waals surface area contributed by atoms with Crippen molar-refractivity contribution in [2.24, 2.45) is 5.92 Å². The van der Waals surface area contributed by atoms with Crippen LogP contribution in [0.3, 0.4) is 0 Å². The van der Waals surface area contributed by atoms with Crippen molar-refractivity contribution in [1.29, 1.82) is 5.26 Å². The summed E-state index contributed by atoms with van der Waals surface area (Å²) in [6.07, 6.45) is 2.90. The first-order valence-corrected chi connectivity index (χ1v) is 5.58. The minimum atomic E-state index is -0.275. The third kappa shape index (κ3) is 2.53. The zero-order valence-electron chi connectivity index (χ0n) is 9.35. The summed E-state index contributed by atoms with van der Waals surface area (Å²) in [4.78, 5) is 27.3. The van der Waals surface area contributed by atoms with Gasteiger partial charge in [0, 0.05) is 36.8 Å². The Bertz CT molecular complexity index is 507. The maximum Gasteiger partial charge on any atom is 0.254 e. The number of rotatable bonds is 1. The van der Waals surface area contributed by atoms with Crippen molar-refractivity contribution >= 4 is 5.91 Å². The molecule has 2 heterocycles. The molecule has 0 spiro atoms. The van der Waals surface area contributed by atoms with Gasteiger partial charge < -0.3 is 9.88 Å². The molecule has 0 bridgehead atoms. The molecule has 1 aromatic heterocycles. The Morgan fingerprint density at radius 3 is 2.76 bits per heavy atom. The number of nitrogens with zero attached hydrogens (tertiary/aromatic N) is 2. The summed E-state index contributed by atoms with van der Waals surface area (Å²) >= 11 is 0. The molecule has 0 aliphatic carbocycles. The molecule has 88 valence electrons. The molecule has 5 heteroatoms. The zero-order valence-corrected chi connectivity index (χ0v) is 9.35. The molecule has 0 atom stereocenters. The second kappa shape index (κ2) is 4.83. The lowest BCUT2D eigenvalue weighted by atomic mass is 9.98. The molecule has 1 aliphatic rings. The largest absolute Gasteiger partial charge is 0.339 e. The van der Waals surface area contributed by atoms with E-state index in [1.54, 1.807) is 11.0 Å². The first-order valence-electron chi connectivity index (χ1n) is 5.58. The number of nitriles is 1. The van der Waals surface area contributed by atoms with Crippen molar-refractivity contribution in [3.8, 4) is 6.07 Å². The molecule has 17 heavy (non-hydrogen) atoms. The van der Waals surface area contributed by atoms with Gasteiger partial charge in [-0.1, -0.05) is 0 Å². The van der Waals surface area contributed by atoms with Crippen LogP contribution in [0, 0.1) is 17.2 Å². The van der Waals surface area contributed by atoms with Gasteiger partial charge in [-0.3, -0.25) is 9.59 Å². The molecular formula is C12H13N3O2. The lowest BCUT2D eigenvalue weighted by Gasteiger charge is -2.29. The number of H-pyrrole nitrogens is 1. The number of aromatic amines is 1. The second-order valence-corrected chi connectivity index (χ2v) is 4.14. The summed E-state index contributed by atoms with van der Waals surface area (Å²) in [6.45, 7) is 1.17. The predicted octanol–water partition coefficient (Wildman–Crippen LogP) is 0.751. The Labute approximate surface area is 98.7 Å². The number of hydrogen-bond donors (Lipinski definition) is 1. The highest BCUT2D eigenvalue weighted by atomic mass is 16.2. The third-order valence-electron chi connectivity index (χ3n) is 2.99. The highest BCUT2D eigenvalue weighted by Gasteiger charge is 2.23. The van der Waals surface area contributed by atoms with E-state index in [9.17, 15) is 9.59 Å². The minimum Gasteiger partial charge on any atom is -0.339 e. The standard InChI is InChI=1S/C12H13N3O2/c13-8-9-2-5-15(6-3-9)12(17)10-1-4-14-11(16)7-10/h1,4,7,9H,2-3,5-6H2,(H,14,16). The molecule has 0 radical (unpaired) electrons. The maximum atomic E-state index is 12.0. The second-order valence-electron chi connectivity index (χ2n) is 4.14. The van der Waals surface area contributed by atoms with Crippen molar-refractivity contribution in [2.75, 3.05) is 13.1 Å². The molecule has 0 saturated carbocycles. The quantitative estimate of drug-likeness (QED) is 0.774. The van der Waals surface area contributed by atoms with E-state index in [0.717, 1.165) is 0 Å². The Morgan fingerprint density at radius 2 is 2.18 bits per heavy atom. The van der Waals surface area contributed by atoms with Crippen LogP contribution in [-0.2, 0) is 0 Å². The summed E-state index contributed by atoms with van der Waals surface area (Å²) in [7, 11) is 0. The molecule has 1 N–H and O–H groups in total. The van der Waals surface area contributed by atoms with Crippen LogP contribution in [0.2, 0.25) is 0 Å². The molecule has 1 amide bonds. The van der Waals surface area contributed by atoms with Gasteiger partial charge in [-0.05, 0) is 18.9 Å². The normalized spacial score (nSPS) is 16.5. The topological polar surface area (TPSA) is 77.0 Å². The van der Waals surface area contributed by atoms with Gasteiger partial charge in [0.2, 0.25) is 5.56 Å². The smallest absolute Gasteiger partial charge is 0.254 e. The van der Waals surface area contributed by atoms with Gasteiger partial charge in [-0.15, -0.1) is 0 Å². The Morgan fingerprint density at radius 1 is 1.47 bits per heavy atom. The van der Waals surface area contributed by atoms with Crippen LogP contribution >= 0.6 is 0 Å². The fraction of sp³-hybridized carbons (Fsp3) is 0.417. The van der Waals surface area contributed by atoms with E-state index in [4.69, 9.17) is 5.26 Å². The molecule has 1 aliphatic heterocycles. The van der Waals surface area contributed by atoms with E-state index < -0.39 is 0 Å². The van der Waals surface area contributed by atoms with Crippen LogP contribution in [0.1, 0.15) is 23.2 Å². The van der Waals surface area contributed by atoms with Crippen LogP contribution in [0.25, 0.3) is 0 Å². The molecule has 1 aromatic rings. The van der Waals surface area contributed by atoms with Gasteiger partial charge in [0.15, 0.2) is 0 Å². The van der Waals surface area contributed by atoms with Gasteiger partial charge in [-0.2, -0.15) is 5.26 Å². The van der Waals surface area contributed by atoms with Gasteiger partial charge in [-0.25, -0.2) is 0 Å². The third-order valence-corrected chi connectivity index (χ3v) is 2.99. The van der Waals surface area contributed by atoms with E-state index in [1.165, 1.54) is 12.3 Å². The number of amides is 1. The number of carbonyl (C=O) groups is 1. The molecule has 1 saturated heterocycles. The fourth-order valence-corrected chi connectivity index (χ4v) is 1.97. The molecule has 5 nitrogen and oxygen atoms in total. The van der Waals surface area contributed by atoms with E-state index in [1.807, 2.05) is 0 Å². The lowest BCUT2D eigenvalue weighted by molar-refractivity contribution is 0.0707. The zero-order chi connectivity index (χ0) is 12.3. The van der Waals surface area contributed by atoms with Crippen molar-refractivity contribution in [1.82, 2.24) is 9.88 Å². The van der Waals surface area contributed by atoms with Crippen molar-refractivity contribution in [2.45, 2.75) is 12.8 Å². The van der Waals surface area contributed by atoms with Crippen LogP contribution in [0.15, 0.2) is 23.1 Å². The van der Waals surface area contributed by atoms with E-state index in [-0.39, 0.29) is 17.4 Å². The first-order chi connectivity index (χ1) is 8.20. The highest BCUT2D eigenvalue weighted by Crippen LogP contribution is 2.17. The number of piperidine rings is 1. The minimum absolute atomic E-state index is 0.0539. The number of pyridine rings is 1. The summed E-state index contributed by atoms with van der Waals surface area (Å²) in [6, 6.07) is 5.12.